The summed E-state index contributed by atoms with van der Waals surface area (Å²) in [4.78, 5) is 14.3. The minimum atomic E-state index is 0.213. The minimum absolute atomic E-state index is 0.213. The van der Waals surface area contributed by atoms with Gasteiger partial charge in [0.1, 0.15) is 5.78 Å². The van der Waals surface area contributed by atoms with Gasteiger partial charge in [-0.3, -0.25) is 14.4 Å². The molecule has 0 aliphatic carbocycles. The van der Waals surface area contributed by atoms with Crippen LogP contribution >= 0.6 is 0 Å². The fourth-order valence-corrected chi connectivity index (χ4v) is 3.56. The van der Waals surface area contributed by atoms with Gasteiger partial charge < -0.3 is 4.74 Å². The number of nitrogens with zero attached hydrogens (tertiary/aromatic N) is 4. The lowest BCUT2D eigenvalue weighted by Crippen LogP contribution is -2.37. The number of ketones is 1. The van der Waals surface area contributed by atoms with E-state index in [9.17, 15) is 4.79 Å². The molecule has 154 valence electrons. The van der Waals surface area contributed by atoms with E-state index in [0.717, 1.165) is 70.4 Å². The zero-order chi connectivity index (χ0) is 19.6. The number of likely N-dealkylation sites (tertiary alicyclic amines) is 1. The SMILES string of the molecule is CCC(C)C(=O)CCCCCn1cc(CN2CCC(OC(C)C)CC2)nn1. The molecule has 0 saturated carbocycles. The number of aromatic nitrogens is 3. The van der Waals surface area contributed by atoms with Crippen LogP contribution in [0, 0.1) is 5.92 Å². The highest BCUT2D eigenvalue weighted by molar-refractivity contribution is 5.80. The molecular formula is C21H38N4O2. The highest BCUT2D eigenvalue weighted by atomic mass is 16.5. The summed E-state index contributed by atoms with van der Waals surface area (Å²) in [6.07, 6.45) is 9.76. The summed E-state index contributed by atoms with van der Waals surface area (Å²) in [5, 5.41) is 8.58. The smallest absolute Gasteiger partial charge is 0.135 e. The summed E-state index contributed by atoms with van der Waals surface area (Å²) < 4.78 is 7.86. The maximum absolute atomic E-state index is 11.8. The Kier molecular flexibility index (Phi) is 9.42. The Morgan fingerprint density at radius 2 is 1.96 bits per heavy atom. The predicted octanol–water partition coefficient (Wildman–Crippen LogP) is 3.84. The topological polar surface area (TPSA) is 60.2 Å². The average Bonchev–Trinajstić information content (AvgIpc) is 3.09. The van der Waals surface area contributed by atoms with Crippen LogP contribution in [0.1, 0.15) is 78.3 Å². The van der Waals surface area contributed by atoms with E-state index in [1.165, 1.54) is 0 Å². The van der Waals surface area contributed by atoms with Gasteiger partial charge in [-0.25, -0.2) is 0 Å². The molecule has 0 amide bonds. The molecule has 0 N–H and O–H groups in total. The number of hydrogen-bond donors (Lipinski definition) is 0. The average molecular weight is 379 g/mol. The third-order valence-electron chi connectivity index (χ3n) is 5.44. The van der Waals surface area contributed by atoms with E-state index in [0.29, 0.717) is 24.4 Å². The number of ether oxygens (including phenoxy) is 1. The van der Waals surface area contributed by atoms with Crippen molar-refractivity contribution in [2.75, 3.05) is 13.1 Å². The summed E-state index contributed by atoms with van der Waals surface area (Å²) in [6, 6.07) is 0. The lowest BCUT2D eigenvalue weighted by atomic mass is 9.99. The van der Waals surface area contributed by atoms with Gasteiger partial charge in [0.15, 0.2) is 0 Å². The zero-order valence-electron chi connectivity index (χ0n) is 17.7. The fraction of sp³-hybridized carbons (Fsp3) is 0.857. The summed E-state index contributed by atoms with van der Waals surface area (Å²) in [5.41, 5.74) is 1.05. The van der Waals surface area contributed by atoms with Gasteiger partial charge >= 0.3 is 0 Å². The van der Waals surface area contributed by atoms with Gasteiger partial charge in [0.2, 0.25) is 0 Å². The van der Waals surface area contributed by atoms with Crippen LogP contribution in [0.2, 0.25) is 0 Å². The standard InChI is InChI=1S/C21H38N4O2/c1-5-18(4)21(26)9-7-6-8-12-25-16-19(22-23-25)15-24-13-10-20(11-14-24)27-17(2)3/h16-18,20H,5-15H2,1-4H3. The molecule has 1 aromatic heterocycles. The first kappa shape index (κ1) is 22.0. The van der Waals surface area contributed by atoms with Crippen molar-refractivity contribution in [3.05, 3.63) is 11.9 Å². The van der Waals surface area contributed by atoms with Crippen molar-refractivity contribution in [3.63, 3.8) is 0 Å². The van der Waals surface area contributed by atoms with E-state index in [1.807, 2.05) is 11.6 Å². The summed E-state index contributed by atoms with van der Waals surface area (Å²) >= 11 is 0. The first-order valence-corrected chi connectivity index (χ1v) is 10.8. The van der Waals surface area contributed by atoms with Gasteiger partial charge in [-0.15, -0.1) is 5.10 Å². The molecule has 1 unspecified atom stereocenters. The van der Waals surface area contributed by atoms with Gasteiger partial charge in [0.25, 0.3) is 0 Å². The van der Waals surface area contributed by atoms with Crippen LogP contribution in [-0.2, 0) is 22.6 Å². The molecule has 2 rings (SSSR count). The van der Waals surface area contributed by atoms with Crippen LogP contribution < -0.4 is 0 Å². The summed E-state index contributed by atoms with van der Waals surface area (Å²) in [5.74, 6) is 0.619. The first-order chi connectivity index (χ1) is 13.0. The van der Waals surface area contributed by atoms with E-state index in [-0.39, 0.29) is 5.92 Å². The van der Waals surface area contributed by atoms with Crippen LogP contribution in [0.3, 0.4) is 0 Å². The molecular weight excluding hydrogens is 340 g/mol. The van der Waals surface area contributed by atoms with Crippen LogP contribution in [0.25, 0.3) is 0 Å². The minimum Gasteiger partial charge on any atom is -0.375 e. The lowest BCUT2D eigenvalue weighted by molar-refractivity contribution is -0.122. The number of piperidine rings is 1. The molecule has 1 aliphatic rings. The van der Waals surface area contributed by atoms with Crippen LogP contribution in [0.4, 0.5) is 0 Å². The van der Waals surface area contributed by atoms with Crippen molar-refractivity contribution in [1.29, 1.82) is 0 Å². The Morgan fingerprint density at radius 1 is 1.22 bits per heavy atom. The van der Waals surface area contributed by atoms with E-state index in [4.69, 9.17) is 4.74 Å². The third kappa shape index (κ3) is 8.09. The number of Topliss-reactive ketones (excluding diaryl/α,β-unsaturated/α-hetero) is 1. The lowest BCUT2D eigenvalue weighted by Gasteiger charge is -2.32. The predicted molar refractivity (Wildman–Crippen MR) is 107 cm³/mol. The molecule has 1 atom stereocenters. The maximum Gasteiger partial charge on any atom is 0.135 e. The van der Waals surface area contributed by atoms with E-state index in [2.05, 4.69) is 42.2 Å². The second-order valence-electron chi connectivity index (χ2n) is 8.22. The van der Waals surface area contributed by atoms with Gasteiger partial charge in [-0.2, -0.15) is 0 Å². The maximum atomic E-state index is 11.8. The second kappa shape index (κ2) is 11.5. The number of aryl methyl sites for hydroxylation is 1. The Bertz CT molecular complexity index is 550. The van der Waals surface area contributed by atoms with Gasteiger partial charge in [-0.1, -0.05) is 25.5 Å². The number of carbonyl (C=O) groups is 1. The molecule has 0 radical (unpaired) electrons. The van der Waals surface area contributed by atoms with Crippen molar-refractivity contribution in [2.24, 2.45) is 5.92 Å². The largest absolute Gasteiger partial charge is 0.375 e. The fourth-order valence-electron chi connectivity index (χ4n) is 3.56. The highest BCUT2D eigenvalue weighted by Gasteiger charge is 2.21. The summed E-state index contributed by atoms with van der Waals surface area (Å²) in [7, 11) is 0. The van der Waals surface area contributed by atoms with E-state index in [1.54, 1.807) is 0 Å². The summed E-state index contributed by atoms with van der Waals surface area (Å²) in [6.45, 7) is 12.2. The first-order valence-electron chi connectivity index (χ1n) is 10.8. The molecule has 1 aromatic rings. The molecule has 0 spiro atoms. The van der Waals surface area contributed by atoms with Crippen LogP contribution in [0.5, 0.6) is 0 Å². The number of carbonyl (C=O) groups excluding carboxylic acids is 1. The van der Waals surface area contributed by atoms with Gasteiger partial charge in [0, 0.05) is 44.7 Å². The third-order valence-corrected chi connectivity index (χ3v) is 5.44. The van der Waals surface area contributed by atoms with Crippen LogP contribution in [0.15, 0.2) is 6.20 Å². The Balaban J connectivity index is 1.60. The number of unbranched alkanes of at least 4 members (excludes halogenated alkanes) is 2. The van der Waals surface area contributed by atoms with Gasteiger partial charge in [-0.05, 0) is 46.0 Å². The van der Waals surface area contributed by atoms with Crippen molar-refractivity contribution in [1.82, 2.24) is 19.9 Å². The van der Waals surface area contributed by atoms with Crippen molar-refractivity contribution < 1.29 is 9.53 Å². The van der Waals surface area contributed by atoms with Crippen molar-refractivity contribution in [3.8, 4) is 0 Å². The Morgan fingerprint density at radius 3 is 2.63 bits per heavy atom. The van der Waals surface area contributed by atoms with Gasteiger partial charge in [0.05, 0.1) is 17.9 Å². The van der Waals surface area contributed by atoms with Crippen molar-refractivity contribution >= 4 is 5.78 Å². The molecule has 2 heterocycles. The molecule has 1 fully saturated rings. The van der Waals surface area contributed by atoms with Crippen molar-refractivity contribution in [2.45, 2.75) is 97.9 Å². The number of rotatable bonds is 12. The molecule has 0 bridgehead atoms. The Hall–Kier alpha value is -1.27. The van der Waals surface area contributed by atoms with Crippen LogP contribution in [-0.4, -0.2) is 51.0 Å². The highest BCUT2D eigenvalue weighted by Crippen LogP contribution is 2.17. The molecule has 0 aromatic carbocycles. The van der Waals surface area contributed by atoms with E-state index < -0.39 is 0 Å². The zero-order valence-corrected chi connectivity index (χ0v) is 17.7. The number of hydrogen-bond acceptors (Lipinski definition) is 5. The molecule has 6 nitrogen and oxygen atoms in total. The molecule has 6 heteroatoms. The second-order valence-corrected chi connectivity index (χ2v) is 8.22. The quantitative estimate of drug-likeness (QED) is 0.517. The monoisotopic (exact) mass is 378 g/mol. The molecule has 1 aliphatic heterocycles. The molecule has 1 saturated heterocycles. The normalized spacial score (nSPS) is 17.5. The van der Waals surface area contributed by atoms with E-state index >= 15 is 0 Å². The Labute approximate surface area is 164 Å². The molecule has 27 heavy (non-hydrogen) atoms.